The van der Waals surface area contributed by atoms with Gasteiger partial charge in [-0.15, -0.1) is 0 Å². The van der Waals surface area contributed by atoms with Gasteiger partial charge in [-0.3, -0.25) is 14.2 Å². The molecule has 3 aromatic rings. The lowest BCUT2D eigenvalue weighted by atomic mass is 10.2. The lowest BCUT2D eigenvalue weighted by molar-refractivity contribution is 0.102. The largest absolute Gasteiger partial charge is 0.445 e. The summed E-state index contributed by atoms with van der Waals surface area (Å²) >= 11 is 0. The molecule has 9 heteroatoms. The third kappa shape index (κ3) is 2.44. The Kier molecular flexibility index (Phi) is 3.62. The Bertz CT molecular complexity index is 871. The van der Waals surface area contributed by atoms with Crippen molar-refractivity contribution >= 4 is 22.7 Å². The van der Waals surface area contributed by atoms with Crippen molar-refractivity contribution < 1.29 is 14.3 Å². The highest BCUT2D eigenvalue weighted by Gasteiger charge is 2.19. The van der Waals surface area contributed by atoms with Crippen molar-refractivity contribution in [1.82, 2.24) is 19.5 Å². The van der Waals surface area contributed by atoms with Gasteiger partial charge in [0.1, 0.15) is 24.3 Å². The Hall–Kier alpha value is -3.07. The lowest BCUT2D eigenvalue weighted by Gasteiger charge is -2.04. The summed E-state index contributed by atoms with van der Waals surface area (Å²) in [5.74, 6) is -0.533. The molecule has 0 unspecified atom stereocenters. The monoisotopic (exact) mass is 301 g/mol. The van der Waals surface area contributed by atoms with Crippen LogP contribution in [-0.4, -0.2) is 37.1 Å². The minimum atomic E-state index is -0.533. The molecule has 0 aliphatic carbocycles. The standard InChI is InChI=1S/C13H11N5O4/c19-2-1-18-7-16-12-10(13(18)21)9(5-22-12)11(20)17-8-3-14-6-15-4-8/h3-7,19H,1-2H2,(H,17,20). The SMILES string of the molecule is O=C(Nc1cncnc1)c1coc2ncn(CCO)c(=O)c12. The summed E-state index contributed by atoms with van der Waals surface area (Å²) in [5.41, 5.74) is 0.0565. The molecule has 0 spiro atoms. The van der Waals surface area contributed by atoms with Crippen LogP contribution in [0.3, 0.4) is 0 Å². The molecule has 0 atom stereocenters. The number of aromatic nitrogens is 4. The van der Waals surface area contributed by atoms with Gasteiger partial charge in [0.25, 0.3) is 11.5 Å². The Morgan fingerprint density at radius 2 is 2.14 bits per heavy atom. The molecule has 0 saturated carbocycles. The van der Waals surface area contributed by atoms with Gasteiger partial charge in [-0.25, -0.2) is 15.0 Å². The van der Waals surface area contributed by atoms with Crippen LogP contribution in [0.25, 0.3) is 11.1 Å². The minimum absolute atomic E-state index is 0.0589. The summed E-state index contributed by atoms with van der Waals surface area (Å²) < 4.78 is 6.35. The van der Waals surface area contributed by atoms with Crippen LogP contribution in [-0.2, 0) is 6.54 Å². The Labute approximate surface area is 123 Å². The van der Waals surface area contributed by atoms with Crippen LogP contribution in [0.2, 0.25) is 0 Å². The van der Waals surface area contributed by atoms with Crippen LogP contribution < -0.4 is 10.9 Å². The molecule has 9 nitrogen and oxygen atoms in total. The Balaban J connectivity index is 2.02. The van der Waals surface area contributed by atoms with Crippen molar-refractivity contribution in [2.75, 3.05) is 11.9 Å². The highest BCUT2D eigenvalue weighted by molar-refractivity contribution is 6.11. The quantitative estimate of drug-likeness (QED) is 0.696. The van der Waals surface area contributed by atoms with Crippen molar-refractivity contribution in [3.8, 4) is 0 Å². The number of aliphatic hydroxyl groups excluding tert-OH is 1. The van der Waals surface area contributed by atoms with Gasteiger partial charge in [0.15, 0.2) is 0 Å². The van der Waals surface area contributed by atoms with E-state index >= 15 is 0 Å². The fourth-order valence-corrected chi connectivity index (χ4v) is 1.96. The lowest BCUT2D eigenvalue weighted by Crippen LogP contribution is -2.23. The maximum Gasteiger partial charge on any atom is 0.265 e. The topological polar surface area (TPSA) is 123 Å². The third-order valence-electron chi connectivity index (χ3n) is 2.96. The molecule has 1 amide bonds. The van der Waals surface area contributed by atoms with E-state index in [2.05, 4.69) is 20.3 Å². The van der Waals surface area contributed by atoms with Gasteiger partial charge in [0, 0.05) is 0 Å². The van der Waals surface area contributed by atoms with Crippen molar-refractivity contribution in [3.63, 3.8) is 0 Å². The molecule has 112 valence electrons. The van der Waals surface area contributed by atoms with E-state index in [9.17, 15) is 9.59 Å². The summed E-state index contributed by atoms with van der Waals surface area (Å²) in [5, 5.41) is 11.6. The second-order valence-corrected chi connectivity index (χ2v) is 4.38. The van der Waals surface area contributed by atoms with Crippen molar-refractivity contribution in [2.24, 2.45) is 0 Å². The number of hydrogen-bond donors (Lipinski definition) is 2. The van der Waals surface area contributed by atoms with E-state index in [4.69, 9.17) is 9.52 Å². The normalized spacial score (nSPS) is 10.8. The molecular weight excluding hydrogens is 290 g/mol. The summed E-state index contributed by atoms with van der Waals surface area (Å²) in [7, 11) is 0. The number of hydrogen-bond acceptors (Lipinski definition) is 7. The van der Waals surface area contributed by atoms with Gasteiger partial charge >= 0.3 is 0 Å². The van der Waals surface area contributed by atoms with E-state index in [-0.39, 0.29) is 29.8 Å². The smallest absolute Gasteiger partial charge is 0.265 e. The first kappa shape index (κ1) is 13.9. The van der Waals surface area contributed by atoms with Crippen LogP contribution in [0.15, 0.2) is 40.5 Å². The van der Waals surface area contributed by atoms with E-state index < -0.39 is 11.5 Å². The summed E-state index contributed by atoms with van der Waals surface area (Å²) in [4.78, 5) is 36.1. The van der Waals surface area contributed by atoms with Gasteiger partial charge in [0.2, 0.25) is 5.71 Å². The highest BCUT2D eigenvalue weighted by atomic mass is 16.3. The van der Waals surface area contributed by atoms with Crippen LogP contribution in [0.1, 0.15) is 10.4 Å². The van der Waals surface area contributed by atoms with Gasteiger partial charge in [-0.05, 0) is 0 Å². The number of nitrogens with zero attached hydrogens (tertiary/aromatic N) is 4. The second-order valence-electron chi connectivity index (χ2n) is 4.38. The first-order valence-corrected chi connectivity index (χ1v) is 6.34. The maximum absolute atomic E-state index is 12.3. The second kappa shape index (κ2) is 5.74. The number of fused-ring (bicyclic) bond motifs is 1. The maximum atomic E-state index is 12.3. The third-order valence-corrected chi connectivity index (χ3v) is 2.96. The number of nitrogens with one attached hydrogen (secondary N) is 1. The van der Waals surface area contributed by atoms with Crippen LogP contribution in [0.5, 0.6) is 0 Å². The van der Waals surface area contributed by atoms with E-state index in [1.54, 1.807) is 0 Å². The van der Waals surface area contributed by atoms with E-state index in [0.717, 1.165) is 0 Å². The van der Waals surface area contributed by atoms with E-state index in [1.165, 1.54) is 35.9 Å². The van der Waals surface area contributed by atoms with Crippen LogP contribution >= 0.6 is 0 Å². The van der Waals surface area contributed by atoms with Crippen molar-refractivity contribution in [3.05, 3.63) is 47.2 Å². The Morgan fingerprint density at radius 3 is 2.86 bits per heavy atom. The summed E-state index contributed by atoms with van der Waals surface area (Å²) in [6.07, 6.45) is 6.61. The number of furan rings is 1. The molecule has 0 aromatic carbocycles. The van der Waals surface area contributed by atoms with Gasteiger partial charge in [-0.2, -0.15) is 0 Å². The minimum Gasteiger partial charge on any atom is -0.445 e. The average molecular weight is 301 g/mol. The van der Waals surface area contributed by atoms with Gasteiger partial charge in [0.05, 0.1) is 36.8 Å². The first-order valence-electron chi connectivity index (χ1n) is 6.34. The van der Waals surface area contributed by atoms with Gasteiger partial charge < -0.3 is 14.8 Å². The molecular formula is C13H11N5O4. The predicted molar refractivity (Wildman–Crippen MR) is 75.3 cm³/mol. The molecule has 0 fully saturated rings. The highest BCUT2D eigenvalue weighted by Crippen LogP contribution is 2.16. The number of anilines is 1. The zero-order chi connectivity index (χ0) is 15.5. The number of amides is 1. The summed E-state index contributed by atoms with van der Waals surface area (Å²) in [6, 6.07) is 0. The molecule has 3 rings (SSSR count). The van der Waals surface area contributed by atoms with E-state index in [1.807, 2.05) is 0 Å². The van der Waals surface area contributed by atoms with Crippen LogP contribution in [0, 0.1) is 0 Å². The number of aliphatic hydroxyl groups is 1. The van der Waals surface area contributed by atoms with Gasteiger partial charge in [-0.1, -0.05) is 0 Å². The van der Waals surface area contributed by atoms with Crippen LogP contribution in [0.4, 0.5) is 5.69 Å². The number of carbonyl (C=O) groups excluding carboxylic acids is 1. The first-order chi connectivity index (χ1) is 10.7. The van der Waals surface area contributed by atoms with E-state index in [0.29, 0.717) is 5.69 Å². The molecule has 0 aliphatic heterocycles. The Morgan fingerprint density at radius 1 is 1.36 bits per heavy atom. The number of rotatable bonds is 4. The fourth-order valence-electron chi connectivity index (χ4n) is 1.96. The number of carbonyl (C=O) groups is 1. The van der Waals surface area contributed by atoms with Crippen molar-refractivity contribution in [1.29, 1.82) is 0 Å². The fraction of sp³-hybridized carbons (Fsp3) is 0.154. The summed E-state index contributed by atoms with van der Waals surface area (Å²) in [6.45, 7) is -0.131. The average Bonchev–Trinajstić information content (AvgIpc) is 2.96. The van der Waals surface area contributed by atoms with Crippen molar-refractivity contribution in [2.45, 2.75) is 6.54 Å². The molecule has 3 heterocycles. The molecule has 3 aromatic heterocycles. The zero-order valence-corrected chi connectivity index (χ0v) is 11.3. The molecule has 0 bridgehead atoms. The zero-order valence-electron chi connectivity index (χ0n) is 11.3. The molecule has 2 N–H and O–H groups in total. The molecule has 22 heavy (non-hydrogen) atoms. The predicted octanol–water partition coefficient (Wildman–Crippen LogP) is 0.0241. The molecule has 0 radical (unpaired) electrons. The molecule has 0 aliphatic rings. The molecule has 0 saturated heterocycles.